The molecule has 0 spiro atoms. The van der Waals surface area contributed by atoms with Crippen LogP contribution in [0.3, 0.4) is 0 Å². The molecule has 0 aliphatic carbocycles. The minimum atomic E-state index is -0.770. The number of allylic oxidation sites excluding steroid dienone is 2. The summed E-state index contributed by atoms with van der Waals surface area (Å²) < 4.78 is 16.9. The zero-order valence-electron chi connectivity index (χ0n) is 53.9. The molecule has 0 aromatic heterocycles. The largest absolute Gasteiger partial charge is 0.462 e. The summed E-state index contributed by atoms with van der Waals surface area (Å²) in [5.41, 5.74) is 0. The van der Waals surface area contributed by atoms with Gasteiger partial charge in [0.1, 0.15) is 13.2 Å². The van der Waals surface area contributed by atoms with E-state index in [2.05, 4.69) is 32.9 Å². The highest BCUT2D eigenvalue weighted by Gasteiger charge is 2.19. The fraction of sp³-hybridized carbons (Fsp3) is 0.932. The molecule has 0 saturated carbocycles. The fourth-order valence-corrected chi connectivity index (χ4v) is 11.3. The SMILES string of the molecule is CCCCCCC/C=C\CCCCCCCC(=O)OC(COC(=O)CCCCCCCCCCCCCC)COC(=O)CCCCCCCCCCCCCCCCCCCCCCCCCCCCCCCCCCCCC. The number of rotatable bonds is 68. The van der Waals surface area contributed by atoms with Crippen LogP contribution in [0.1, 0.15) is 419 Å². The smallest absolute Gasteiger partial charge is 0.306 e. The maximum atomic E-state index is 12.9. The molecular weight excluding hydrogens is 973 g/mol. The number of esters is 3. The van der Waals surface area contributed by atoms with Crippen molar-refractivity contribution in [2.24, 2.45) is 0 Å². The lowest BCUT2D eigenvalue weighted by Crippen LogP contribution is -2.30. The quantitative estimate of drug-likeness (QED) is 0.0261. The second-order valence-electron chi connectivity index (χ2n) is 24.9. The number of hydrogen-bond acceptors (Lipinski definition) is 6. The van der Waals surface area contributed by atoms with Crippen LogP contribution in [0.15, 0.2) is 12.2 Å². The van der Waals surface area contributed by atoms with Crippen LogP contribution in [0.25, 0.3) is 0 Å². The first-order valence-electron chi connectivity index (χ1n) is 36.2. The van der Waals surface area contributed by atoms with E-state index in [1.165, 1.54) is 315 Å². The van der Waals surface area contributed by atoms with Gasteiger partial charge >= 0.3 is 17.9 Å². The molecule has 0 aliphatic rings. The lowest BCUT2D eigenvalue weighted by molar-refractivity contribution is -0.167. The summed E-state index contributed by atoms with van der Waals surface area (Å²) in [6, 6.07) is 0. The lowest BCUT2D eigenvalue weighted by atomic mass is 10.0. The zero-order valence-corrected chi connectivity index (χ0v) is 53.9. The van der Waals surface area contributed by atoms with Crippen molar-refractivity contribution in [1.82, 2.24) is 0 Å². The van der Waals surface area contributed by atoms with Crippen LogP contribution in [0.5, 0.6) is 0 Å². The third-order valence-electron chi connectivity index (χ3n) is 16.8. The van der Waals surface area contributed by atoms with Gasteiger partial charge < -0.3 is 14.2 Å². The Balaban J connectivity index is 3.98. The van der Waals surface area contributed by atoms with E-state index < -0.39 is 6.10 Å². The summed E-state index contributed by atoms with van der Waals surface area (Å²) in [6.45, 7) is 6.70. The van der Waals surface area contributed by atoms with E-state index in [9.17, 15) is 14.4 Å². The third-order valence-corrected chi connectivity index (χ3v) is 16.8. The normalized spacial score (nSPS) is 12.0. The standard InChI is InChI=1S/C73H140O6/c1-4-7-10-13-16-19-22-25-27-28-29-30-31-32-33-34-35-36-37-38-39-40-41-42-43-44-45-46-47-49-51-54-57-60-63-66-72(75)78-69-70(68-77-71(74)65-62-59-56-53-50-24-21-18-15-12-9-6-3)79-73(76)67-64-61-58-55-52-48-26-23-20-17-14-11-8-5-2/h23,26,70H,4-22,24-25,27-69H2,1-3H3/b26-23-. The molecule has 79 heavy (non-hydrogen) atoms. The van der Waals surface area contributed by atoms with Gasteiger partial charge in [-0.25, -0.2) is 0 Å². The fourth-order valence-electron chi connectivity index (χ4n) is 11.3. The highest BCUT2D eigenvalue weighted by atomic mass is 16.6. The molecule has 0 bridgehead atoms. The molecule has 0 radical (unpaired) electrons. The minimum Gasteiger partial charge on any atom is -0.462 e. The molecule has 0 aliphatic heterocycles. The van der Waals surface area contributed by atoms with Crippen molar-refractivity contribution in [3.8, 4) is 0 Å². The molecule has 0 rings (SSSR count). The predicted octanol–water partition coefficient (Wildman–Crippen LogP) is 24.8. The summed E-state index contributed by atoms with van der Waals surface area (Å²) in [5, 5.41) is 0. The van der Waals surface area contributed by atoms with Crippen LogP contribution >= 0.6 is 0 Å². The second kappa shape index (κ2) is 68.6. The van der Waals surface area contributed by atoms with Crippen LogP contribution in [0, 0.1) is 0 Å². The Bertz CT molecular complexity index is 1230. The van der Waals surface area contributed by atoms with Crippen LogP contribution in [-0.4, -0.2) is 37.2 Å². The molecule has 1 unspecified atom stereocenters. The Morgan fingerprint density at radius 2 is 0.418 bits per heavy atom. The van der Waals surface area contributed by atoms with E-state index >= 15 is 0 Å². The third kappa shape index (κ3) is 66.8. The summed E-state index contributed by atoms with van der Waals surface area (Å²) in [6.07, 6.45) is 82.8. The number of carbonyl (C=O) groups is 3. The highest BCUT2D eigenvalue weighted by Crippen LogP contribution is 2.19. The van der Waals surface area contributed by atoms with E-state index in [4.69, 9.17) is 14.2 Å². The van der Waals surface area contributed by atoms with E-state index in [0.29, 0.717) is 19.3 Å². The molecule has 0 saturated heterocycles. The number of hydrogen-bond donors (Lipinski definition) is 0. The van der Waals surface area contributed by atoms with Crippen LogP contribution in [-0.2, 0) is 28.6 Å². The van der Waals surface area contributed by atoms with Crippen molar-refractivity contribution < 1.29 is 28.6 Å². The van der Waals surface area contributed by atoms with Crippen LogP contribution < -0.4 is 0 Å². The maximum Gasteiger partial charge on any atom is 0.306 e. The first-order valence-corrected chi connectivity index (χ1v) is 36.2. The van der Waals surface area contributed by atoms with Gasteiger partial charge in [-0.2, -0.15) is 0 Å². The van der Waals surface area contributed by atoms with Gasteiger partial charge in [0.15, 0.2) is 6.10 Å². The summed E-state index contributed by atoms with van der Waals surface area (Å²) in [5.74, 6) is -0.846. The van der Waals surface area contributed by atoms with E-state index in [1.54, 1.807) is 0 Å². The van der Waals surface area contributed by atoms with Gasteiger partial charge in [-0.3, -0.25) is 14.4 Å². The molecule has 0 amide bonds. The Hall–Kier alpha value is -1.85. The molecule has 0 aromatic rings. The average Bonchev–Trinajstić information content (AvgIpc) is 3.45. The van der Waals surface area contributed by atoms with E-state index in [-0.39, 0.29) is 31.1 Å². The van der Waals surface area contributed by atoms with Gasteiger partial charge in [-0.1, -0.05) is 367 Å². The topological polar surface area (TPSA) is 78.9 Å². The number of unbranched alkanes of at least 4 members (excludes halogenated alkanes) is 55. The number of carbonyl (C=O) groups excluding carboxylic acids is 3. The van der Waals surface area contributed by atoms with Crippen LogP contribution in [0.4, 0.5) is 0 Å². The monoisotopic (exact) mass is 1110 g/mol. The van der Waals surface area contributed by atoms with Gasteiger partial charge in [-0.05, 0) is 44.9 Å². The molecule has 0 fully saturated rings. The van der Waals surface area contributed by atoms with Gasteiger partial charge in [0.05, 0.1) is 0 Å². The van der Waals surface area contributed by atoms with Crippen molar-refractivity contribution in [3.05, 3.63) is 12.2 Å². The van der Waals surface area contributed by atoms with Crippen molar-refractivity contribution in [2.45, 2.75) is 425 Å². The molecule has 468 valence electrons. The summed E-state index contributed by atoms with van der Waals surface area (Å²) >= 11 is 0. The molecule has 0 aromatic carbocycles. The molecule has 6 nitrogen and oxygen atoms in total. The van der Waals surface area contributed by atoms with Gasteiger partial charge in [0.2, 0.25) is 0 Å². The molecule has 0 heterocycles. The Morgan fingerprint density at radius 3 is 0.633 bits per heavy atom. The average molecular weight is 1110 g/mol. The van der Waals surface area contributed by atoms with Crippen molar-refractivity contribution in [2.75, 3.05) is 13.2 Å². The van der Waals surface area contributed by atoms with Gasteiger partial charge in [0.25, 0.3) is 0 Å². The Morgan fingerprint density at radius 1 is 0.241 bits per heavy atom. The summed E-state index contributed by atoms with van der Waals surface area (Å²) in [7, 11) is 0. The highest BCUT2D eigenvalue weighted by molar-refractivity contribution is 5.71. The molecule has 1 atom stereocenters. The van der Waals surface area contributed by atoms with Gasteiger partial charge in [0, 0.05) is 19.3 Å². The van der Waals surface area contributed by atoms with Gasteiger partial charge in [-0.15, -0.1) is 0 Å². The van der Waals surface area contributed by atoms with Crippen molar-refractivity contribution in [1.29, 1.82) is 0 Å². The van der Waals surface area contributed by atoms with Crippen molar-refractivity contribution in [3.63, 3.8) is 0 Å². The maximum absolute atomic E-state index is 12.9. The predicted molar refractivity (Wildman–Crippen MR) is 344 cm³/mol. The first kappa shape index (κ1) is 77.2. The molecule has 0 N–H and O–H groups in total. The minimum absolute atomic E-state index is 0.0671. The Kier molecular flexibility index (Phi) is 67.0. The first-order chi connectivity index (χ1) is 39.0. The molecular formula is C73H140O6. The number of ether oxygens (including phenoxy) is 3. The van der Waals surface area contributed by atoms with E-state index in [1.807, 2.05) is 0 Å². The Labute approximate surface area is 494 Å². The molecule has 6 heteroatoms. The van der Waals surface area contributed by atoms with E-state index in [0.717, 1.165) is 64.2 Å². The zero-order chi connectivity index (χ0) is 57.1. The summed E-state index contributed by atoms with van der Waals surface area (Å²) in [4.78, 5) is 38.3. The lowest BCUT2D eigenvalue weighted by Gasteiger charge is -2.18. The van der Waals surface area contributed by atoms with Crippen molar-refractivity contribution >= 4 is 17.9 Å². The van der Waals surface area contributed by atoms with Crippen LogP contribution in [0.2, 0.25) is 0 Å². The second-order valence-corrected chi connectivity index (χ2v) is 24.9.